The van der Waals surface area contributed by atoms with Crippen molar-refractivity contribution in [2.45, 2.75) is 5.41 Å². The molecule has 0 radical (unpaired) electrons. The number of hydrogen-bond acceptors (Lipinski definition) is 3. The predicted octanol–water partition coefficient (Wildman–Crippen LogP) is 19.3. The van der Waals surface area contributed by atoms with Crippen molar-refractivity contribution in [1.29, 1.82) is 0 Å². The zero-order valence-electron chi connectivity index (χ0n) is 38.1. The van der Waals surface area contributed by atoms with Crippen molar-refractivity contribution in [2.24, 2.45) is 0 Å². The fourth-order valence-corrected chi connectivity index (χ4v) is 13.7. The molecular weight excluding hydrogens is 883 g/mol. The third-order valence-corrected chi connectivity index (χ3v) is 17.0. The maximum absolute atomic E-state index is 2.43. The standard InChI is InChI=1S/C67H43NS2/c1-3-14-49(15-4-1)67(50-16-5-2-6-17-50)61-23-10-7-18-55(61)59-43-53(39-40-62(59)67)68(52-37-32-47(33-38-52)54-21-13-22-58-56-19-8-12-25-64(56)70-66(54)58)51-35-30-45(31-36-51)44-26-28-46(29-27-44)48-34-41-65-60(42-48)57-20-9-11-24-63(57)69-65/h1-43H. The third kappa shape index (κ3) is 6.43. The van der Waals surface area contributed by atoms with E-state index >= 15 is 0 Å². The van der Waals surface area contributed by atoms with Crippen LogP contribution >= 0.6 is 22.7 Å². The first kappa shape index (κ1) is 40.7. The van der Waals surface area contributed by atoms with Gasteiger partial charge >= 0.3 is 0 Å². The molecule has 0 aliphatic heterocycles. The van der Waals surface area contributed by atoms with Crippen LogP contribution in [-0.4, -0.2) is 0 Å². The molecule has 14 rings (SSSR count). The van der Waals surface area contributed by atoms with Gasteiger partial charge in [-0.25, -0.2) is 0 Å². The van der Waals surface area contributed by atoms with Gasteiger partial charge in [-0.3, -0.25) is 0 Å². The van der Waals surface area contributed by atoms with E-state index in [9.17, 15) is 0 Å². The Bertz CT molecular complexity index is 4050. The lowest BCUT2D eigenvalue weighted by atomic mass is 9.68. The summed E-state index contributed by atoms with van der Waals surface area (Å²) in [6.07, 6.45) is 0. The second kappa shape index (κ2) is 16.4. The second-order valence-electron chi connectivity index (χ2n) is 18.4. The van der Waals surface area contributed by atoms with Gasteiger partial charge in [0.05, 0.1) is 5.41 Å². The van der Waals surface area contributed by atoms with Crippen molar-refractivity contribution in [3.63, 3.8) is 0 Å². The largest absolute Gasteiger partial charge is 0.310 e. The van der Waals surface area contributed by atoms with Crippen LogP contribution in [0.4, 0.5) is 17.1 Å². The number of benzene rings is 11. The highest BCUT2D eigenvalue weighted by molar-refractivity contribution is 7.26. The first-order valence-corrected chi connectivity index (χ1v) is 25.6. The smallest absolute Gasteiger partial charge is 0.0713 e. The van der Waals surface area contributed by atoms with Crippen LogP contribution in [0.25, 0.3) is 84.9 Å². The molecule has 1 aliphatic carbocycles. The Labute approximate surface area is 415 Å². The summed E-state index contributed by atoms with van der Waals surface area (Å²) in [6, 6.07) is 96.7. The van der Waals surface area contributed by atoms with Crippen molar-refractivity contribution in [3.05, 3.63) is 283 Å². The summed E-state index contributed by atoms with van der Waals surface area (Å²) in [5.41, 5.74) is 17.8. The minimum Gasteiger partial charge on any atom is -0.310 e. The summed E-state index contributed by atoms with van der Waals surface area (Å²) in [6.45, 7) is 0. The Kier molecular flexibility index (Phi) is 9.55. The average molecular weight is 926 g/mol. The maximum Gasteiger partial charge on any atom is 0.0713 e. The van der Waals surface area contributed by atoms with Gasteiger partial charge in [-0.15, -0.1) is 22.7 Å². The summed E-state index contributed by atoms with van der Waals surface area (Å²) in [5.74, 6) is 0. The third-order valence-electron chi connectivity index (χ3n) is 14.6. The molecule has 0 unspecified atom stereocenters. The molecule has 328 valence electrons. The molecule has 2 heterocycles. The summed E-state index contributed by atoms with van der Waals surface area (Å²) in [7, 11) is 0. The zero-order chi connectivity index (χ0) is 46.2. The molecule has 3 heteroatoms. The van der Waals surface area contributed by atoms with Crippen LogP contribution in [-0.2, 0) is 5.41 Å². The predicted molar refractivity (Wildman–Crippen MR) is 301 cm³/mol. The second-order valence-corrected chi connectivity index (χ2v) is 20.5. The number of hydrogen-bond donors (Lipinski definition) is 0. The zero-order valence-corrected chi connectivity index (χ0v) is 39.7. The van der Waals surface area contributed by atoms with E-state index in [4.69, 9.17) is 0 Å². The first-order chi connectivity index (χ1) is 34.7. The molecular formula is C67H43NS2. The van der Waals surface area contributed by atoms with Crippen molar-refractivity contribution in [1.82, 2.24) is 0 Å². The fraction of sp³-hybridized carbons (Fsp3) is 0.0149. The highest BCUT2D eigenvalue weighted by atomic mass is 32.1. The highest BCUT2D eigenvalue weighted by Crippen LogP contribution is 2.57. The van der Waals surface area contributed by atoms with Gasteiger partial charge in [0.25, 0.3) is 0 Å². The number of fused-ring (bicyclic) bond motifs is 9. The van der Waals surface area contributed by atoms with Crippen LogP contribution in [0.3, 0.4) is 0 Å². The van der Waals surface area contributed by atoms with Crippen molar-refractivity contribution in [2.75, 3.05) is 4.90 Å². The SMILES string of the molecule is c1ccc(C2(c3ccccc3)c3ccccc3-c3cc(N(c4ccc(-c5ccc(-c6ccc7sc8ccccc8c7c6)cc5)cc4)c4ccc(-c5cccc6c5sc5ccccc56)cc4)ccc32)cc1. The Morgan fingerprint density at radius 3 is 1.43 bits per heavy atom. The van der Waals surface area contributed by atoms with Crippen LogP contribution in [0.5, 0.6) is 0 Å². The molecule has 1 nitrogen and oxygen atoms in total. The molecule has 2 aromatic heterocycles. The van der Waals surface area contributed by atoms with E-state index in [1.807, 2.05) is 22.7 Å². The van der Waals surface area contributed by atoms with Crippen LogP contribution < -0.4 is 4.90 Å². The Balaban J connectivity index is 0.876. The lowest BCUT2D eigenvalue weighted by Crippen LogP contribution is -2.28. The van der Waals surface area contributed by atoms with E-state index in [0.29, 0.717) is 0 Å². The molecule has 13 aromatic rings. The molecule has 0 bridgehead atoms. The van der Waals surface area contributed by atoms with E-state index in [2.05, 4.69) is 266 Å². The number of anilines is 3. The lowest BCUT2D eigenvalue weighted by molar-refractivity contribution is 0.768. The molecule has 0 saturated carbocycles. The van der Waals surface area contributed by atoms with E-state index in [1.54, 1.807) is 0 Å². The minimum atomic E-state index is -0.463. The molecule has 1 aliphatic rings. The molecule has 0 N–H and O–H groups in total. The van der Waals surface area contributed by atoms with Crippen LogP contribution in [0, 0.1) is 0 Å². The maximum atomic E-state index is 2.43. The Morgan fingerprint density at radius 1 is 0.271 bits per heavy atom. The van der Waals surface area contributed by atoms with E-state index < -0.39 is 5.41 Å². The molecule has 0 spiro atoms. The quantitative estimate of drug-likeness (QED) is 0.147. The van der Waals surface area contributed by atoms with E-state index in [0.717, 1.165) is 17.1 Å². The Hall–Kier alpha value is -8.34. The van der Waals surface area contributed by atoms with Gasteiger partial charge in [0.2, 0.25) is 0 Å². The number of thiophene rings is 2. The van der Waals surface area contributed by atoms with Gasteiger partial charge in [0, 0.05) is 57.4 Å². The Morgan fingerprint density at radius 2 is 0.743 bits per heavy atom. The first-order valence-electron chi connectivity index (χ1n) is 24.0. The minimum absolute atomic E-state index is 0.463. The number of rotatable bonds is 8. The van der Waals surface area contributed by atoms with Crippen molar-refractivity contribution in [3.8, 4) is 44.5 Å². The summed E-state index contributed by atoms with van der Waals surface area (Å²) in [5, 5.41) is 5.28. The van der Waals surface area contributed by atoms with Crippen LogP contribution in [0.1, 0.15) is 22.3 Å². The van der Waals surface area contributed by atoms with E-state index in [-0.39, 0.29) is 0 Å². The summed E-state index contributed by atoms with van der Waals surface area (Å²) in [4.78, 5) is 2.43. The molecule has 0 fully saturated rings. The topological polar surface area (TPSA) is 3.24 Å². The number of nitrogens with zero attached hydrogens (tertiary/aromatic N) is 1. The van der Waals surface area contributed by atoms with Gasteiger partial charge < -0.3 is 4.90 Å². The van der Waals surface area contributed by atoms with Gasteiger partial charge in [-0.1, -0.05) is 200 Å². The lowest BCUT2D eigenvalue weighted by Gasteiger charge is -2.34. The van der Waals surface area contributed by atoms with Crippen molar-refractivity contribution < 1.29 is 0 Å². The van der Waals surface area contributed by atoms with Gasteiger partial charge in [0.15, 0.2) is 0 Å². The van der Waals surface area contributed by atoms with Gasteiger partial charge in [-0.05, 0) is 127 Å². The van der Waals surface area contributed by atoms with Gasteiger partial charge in [-0.2, -0.15) is 0 Å². The monoisotopic (exact) mass is 925 g/mol. The average Bonchev–Trinajstić information content (AvgIpc) is 4.10. The summed E-state index contributed by atoms with van der Waals surface area (Å²) < 4.78 is 5.30. The molecule has 0 amide bonds. The molecule has 0 atom stereocenters. The summed E-state index contributed by atoms with van der Waals surface area (Å²) >= 11 is 3.74. The fourth-order valence-electron chi connectivity index (χ4n) is 11.4. The van der Waals surface area contributed by atoms with E-state index in [1.165, 1.54) is 107 Å². The van der Waals surface area contributed by atoms with Gasteiger partial charge in [0.1, 0.15) is 0 Å². The highest BCUT2D eigenvalue weighted by Gasteiger charge is 2.46. The van der Waals surface area contributed by atoms with Crippen LogP contribution in [0.2, 0.25) is 0 Å². The molecule has 11 aromatic carbocycles. The van der Waals surface area contributed by atoms with Crippen LogP contribution in [0.15, 0.2) is 261 Å². The normalized spacial score (nSPS) is 12.7. The molecule has 70 heavy (non-hydrogen) atoms. The molecule has 0 saturated heterocycles. The van der Waals surface area contributed by atoms with Crippen molar-refractivity contribution >= 4 is 80.1 Å².